The quantitative estimate of drug-likeness (QED) is 0.397. The summed E-state index contributed by atoms with van der Waals surface area (Å²) in [6.07, 6.45) is 10.6. The van der Waals surface area contributed by atoms with E-state index < -0.39 is 11.7 Å². The zero-order valence-electron chi connectivity index (χ0n) is 26.7. The number of aliphatic hydroxyl groups is 2. The maximum atomic E-state index is 12.7. The molecule has 0 radical (unpaired) electrons. The lowest BCUT2D eigenvalue weighted by Crippen LogP contribution is -2.55. The van der Waals surface area contributed by atoms with Gasteiger partial charge in [0.15, 0.2) is 0 Å². The first kappa shape index (κ1) is 31.9. The van der Waals surface area contributed by atoms with Crippen LogP contribution in [-0.2, 0) is 9.47 Å². The highest BCUT2D eigenvalue weighted by atomic mass is 32.1. The van der Waals surface area contributed by atoms with E-state index >= 15 is 0 Å². The molecule has 11 atom stereocenters. The third kappa shape index (κ3) is 4.80. The molecule has 9 unspecified atom stereocenters. The second-order valence-electron chi connectivity index (χ2n) is 16.6. The van der Waals surface area contributed by atoms with Crippen LogP contribution in [0, 0.1) is 45.3 Å². The van der Waals surface area contributed by atoms with Crippen molar-refractivity contribution in [2.45, 2.75) is 129 Å². The summed E-state index contributed by atoms with van der Waals surface area (Å²) in [5.74, 6) is 2.63. The molecule has 3 N–H and O–H groups in total. The molecule has 1 heterocycles. The molecule has 6 rings (SSSR count). The molecule has 0 aromatic carbocycles. The van der Waals surface area contributed by atoms with E-state index in [1.54, 1.807) is 13.8 Å². The molecule has 0 aromatic rings. The van der Waals surface area contributed by atoms with Gasteiger partial charge >= 0.3 is 6.09 Å². The number of rotatable bonds is 6. The number of amides is 1. The van der Waals surface area contributed by atoms with Gasteiger partial charge in [0.1, 0.15) is 12.2 Å². The first-order valence-corrected chi connectivity index (χ1v) is 16.3. The predicted octanol–water partition coefficient (Wildman–Crippen LogP) is 5.09. The fourth-order valence-electron chi connectivity index (χ4n) is 11.7. The highest BCUT2D eigenvalue weighted by Crippen LogP contribution is 2.87. The summed E-state index contributed by atoms with van der Waals surface area (Å²) in [6.45, 7) is 12.1. The average molecular weight is 595 g/mol. The lowest BCUT2D eigenvalue weighted by molar-refractivity contribution is -0.177. The molecule has 0 aromatic heterocycles. The Bertz CT molecular complexity index is 1000. The van der Waals surface area contributed by atoms with E-state index in [1.807, 2.05) is 14.1 Å². The van der Waals surface area contributed by atoms with Crippen molar-refractivity contribution in [3.05, 3.63) is 0 Å². The minimum atomic E-state index is -1.14. The molecule has 41 heavy (non-hydrogen) atoms. The molecule has 5 aliphatic carbocycles. The van der Waals surface area contributed by atoms with E-state index in [2.05, 4.69) is 31.0 Å². The molecule has 6 aliphatic rings. The number of alkyl carbamates (subject to hydrolysis) is 1. The molecule has 1 amide bonds. The normalized spacial score (nSPS) is 46.5. The van der Waals surface area contributed by atoms with Crippen LogP contribution in [0.5, 0.6) is 0 Å². The fourth-order valence-corrected chi connectivity index (χ4v) is 11.7. The maximum absolute atomic E-state index is 12.7. The molecule has 1 saturated heterocycles. The van der Waals surface area contributed by atoms with E-state index in [1.165, 1.54) is 38.5 Å². The highest BCUT2D eigenvalue weighted by molar-refractivity contribution is 7.59. The minimum Gasteiger partial charge on any atom is -0.446 e. The van der Waals surface area contributed by atoms with Crippen molar-refractivity contribution >= 4 is 19.6 Å². The number of ether oxygens (including phenoxy) is 2. The SMILES string of the molecule is CN(C)CCNC(=O)O[C@H]1CCC23CC24CCC2(C)C5CCC([C@H](O)C(C)(C)O)OC5CC2C4CCC3C1(C)C.S. The summed E-state index contributed by atoms with van der Waals surface area (Å²) in [5.41, 5.74) is 0.0336. The van der Waals surface area contributed by atoms with E-state index in [0.29, 0.717) is 40.5 Å². The Morgan fingerprint density at radius 3 is 2.41 bits per heavy atom. The summed E-state index contributed by atoms with van der Waals surface area (Å²) in [5, 5.41) is 24.2. The Labute approximate surface area is 255 Å². The molecule has 1 aliphatic heterocycles. The Balaban J connectivity index is 0.00000337. The second kappa shape index (κ2) is 10.5. The molecule has 7 nitrogen and oxygen atoms in total. The van der Waals surface area contributed by atoms with Crippen LogP contribution in [0.4, 0.5) is 4.79 Å². The number of nitrogens with one attached hydrogen (secondary N) is 1. The smallest absolute Gasteiger partial charge is 0.407 e. The van der Waals surface area contributed by atoms with Gasteiger partial charge in [0.2, 0.25) is 0 Å². The molecule has 2 spiro atoms. The lowest BCUT2D eigenvalue weighted by atomic mass is 9.46. The number of hydrogen-bond acceptors (Lipinski definition) is 6. The van der Waals surface area contributed by atoms with Crippen molar-refractivity contribution < 1.29 is 24.5 Å². The van der Waals surface area contributed by atoms with Gasteiger partial charge in [-0.05, 0) is 132 Å². The largest absolute Gasteiger partial charge is 0.446 e. The lowest BCUT2D eigenvalue weighted by Gasteiger charge is -2.59. The molecule has 6 fully saturated rings. The molecular weight excluding hydrogens is 536 g/mol. The van der Waals surface area contributed by atoms with Crippen LogP contribution in [0.1, 0.15) is 98.8 Å². The van der Waals surface area contributed by atoms with Crippen LogP contribution in [0.15, 0.2) is 0 Å². The number of carbonyl (C=O) groups is 1. The fraction of sp³-hybridized carbons (Fsp3) is 0.970. The minimum absolute atomic E-state index is 0. The van der Waals surface area contributed by atoms with Crippen molar-refractivity contribution in [3.8, 4) is 0 Å². The Kier molecular flexibility index (Phi) is 8.18. The third-order valence-electron chi connectivity index (χ3n) is 13.7. The van der Waals surface area contributed by atoms with Crippen molar-refractivity contribution in [1.29, 1.82) is 0 Å². The van der Waals surface area contributed by atoms with E-state index in [9.17, 15) is 15.0 Å². The second-order valence-corrected chi connectivity index (χ2v) is 16.6. The van der Waals surface area contributed by atoms with Gasteiger partial charge in [-0.3, -0.25) is 0 Å². The molecule has 236 valence electrons. The van der Waals surface area contributed by atoms with Crippen molar-refractivity contribution in [2.24, 2.45) is 45.3 Å². The van der Waals surface area contributed by atoms with Gasteiger partial charge in [-0.1, -0.05) is 20.8 Å². The summed E-state index contributed by atoms with van der Waals surface area (Å²) in [4.78, 5) is 14.7. The molecule has 5 saturated carbocycles. The van der Waals surface area contributed by atoms with Crippen LogP contribution in [-0.4, -0.2) is 78.4 Å². The Morgan fingerprint density at radius 2 is 1.73 bits per heavy atom. The van der Waals surface area contributed by atoms with Gasteiger partial charge in [0, 0.05) is 18.5 Å². The predicted molar refractivity (Wildman–Crippen MR) is 165 cm³/mol. The molecular formula is C33H58N2O5S. The van der Waals surface area contributed by atoms with Gasteiger partial charge in [-0.2, -0.15) is 13.5 Å². The van der Waals surface area contributed by atoms with Crippen molar-refractivity contribution in [2.75, 3.05) is 27.2 Å². The van der Waals surface area contributed by atoms with Gasteiger partial charge in [-0.25, -0.2) is 4.79 Å². The Hall–Kier alpha value is -0.540. The molecule has 0 bridgehead atoms. The first-order chi connectivity index (χ1) is 18.7. The number of carbonyl (C=O) groups excluding carboxylic acids is 1. The van der Waals surface area contributed by atoms with Crippen LogP contribution >= 0.6 is 13.5 Å². The highest BCUT2D eigenvalue weighted by Gasteiger charge is 2.81. The van der Waals surface area contributed by atoms with Gasteiger partial charge in [0.25, 0.3) is 0 Å². The van der Waals surface area contributed by atoms with Crippen LogP contribution in [0.3, 0.4) is 0 Å². The number of nitrogens with zero attached hydrogens (tertiary/aromatic N) is 1. The van der Waals surface area contributed by atoms with E-state index in [4.69, 9.17) is 9.47 Å². The average Bonchev–Trinajstić information content (AvgIpc) is 3.44. The zero-order chi connectivity index (χ0) is 28.9. The van der Waals surface area contributed by atoms with E-state index in [0.717, 1.165) is 38.1 Å². The number of likely N-dealkylation sites (N-methyl/N-ethyl adjacent to an activating group) is 1. The van der Waals surface area contributed by atoms with Gasteiger partial charge in [0.05, 0.1) is 17.8 Å². The standard InChI is InChI=1S/C33H56N2O5.H2S/c1-29(2)25-11-9-20-22-18-24-21(8-10-23(39-24)27(36)30(3,4)38)31(22,5)14-15-32(20)19-33(25,32)13-12-26(29)40-28(37)34-16-17-35(6)7;/h20-27,36,38H,8-19H2,1-7H3,(H,34,37);1H2/t20?,21?,22?,23?,24?,25?,26-,27-,31?,32?,33?;/m0./s1. The summed E-state index contributed by atoms with van der Waals surface area (Å²) < 4.78 is 12.8. The van der Waals surface area contributed by atoms with Crippen molar-refractivity contribution in [1.82, 2.24) is 10.2 Å². The maximum Gasteiger partial charge on any atom is 0.407 e. The first-order valence-electron chi connectivity index (χ1n) is 16.3. The van der Waals surface area contributed by atoms with Crippen molar-refractivity contribution in [3.63, 3.8) is 0 Å². The monoisotopic (exact) mass is 594 g/mol. The Morgan fingerprint density at radius 1 is 1.02 bits per heavy atom. The third-order valence-corrected chi connectivity index (χ3v) is 13.7. The van der Waals surface area contributed by atoms with Gasteiger partial charge < -0.3 is 29.9 Å². The number of aliphatic hydroxyl groups excluding tert-OH is 1. The number of fused-ring (bicyclic) bond motifs is 4. The molecule has 8 heteroatoms. The summed E-state index contributed by atoms with van der Waals surface area (Å²) in [7, 11) is 4.02. The van der Waals surface area contributed by atoms with Crippen LogP contribution in [0.25, 0.3) is 0 Å². The summed E-state index contributed by atoms with van der Waals surface area (Å²) in [6, 6.07) is 0. The number of hydrogen-bond donors (Lipinski definition) is 3. The topological polar surface area (TPSA) is 91.3 Å². The van der Waals surface area contributed by atoms with Crippen LogP contribution in [0.2, 0.25) is 0 Å². The van der Waals surface area contributed by atoms with Crippen LogP contribution < -0.4 is 5.32 Å². The zero-order valence-corrected chi connectivity index (χ0v) is 27.7. The van der Waals surface area contributed by atoms with E-state index in [-0.39, 0.29) is 43.3 Å². The summed E-state index contributed by atoms with van der Waals surface area (Å²) >= 11 is 0. The van der Waals surface area contributed by atoms with Gasteiger partial charge in [-0.15, -0.1) is 0 Å².